The lowest BCUT2D eigenvalue weighted by atomic mass is 10.1. The van der Waals surface area contributed by atoms with Gasteiger partial charge in [0.1, 0.15) is 0 Å². The fraction of sp³-hybridized carbons (Fsp3) is 0.714. The molecular weight excluding hydrogens is 246 g/mol. The zero-order valence-corrected chi connectivity index (χ0v) is 8.16. The highest BCUT2D eigenvalue weighted by Crippen LogP contribution is 2.40. The number of hydrogen-bond donors (Lipinski definition) is 1. The summed E-state index contributed by atoms with van der Waals surface area (Å²) in [6.07, 6.45) is -7.78. The Morgan fingerprint density at radius 2 is 1.73 bits per heavy atom. The van der Waals surface area contributed by atoms with E-state index in [0.29, 0.717) is 0 Å². The molecule has 0 aliphatic carbocycles. The smallest absolute Gasteiger partial charge is 0.240 e. The van der Waals surface area contributed by atoms with Crippen molar-refractivity contribution in [1.82, 2.24) is 0 Å². The fourth-order valence-corrected chi connectivity index (χ4v) is 0.861. The van der Waals surface area contributed by atoms with E-state index in [9.17, 15) is 26.5 Å². The van der Waals surface area contributed by atoms with Gasteiger partial charge in [0.05, 0.1) is 0 Å². The summed E-state index contributed by atoms with van der Waals surface area (Å²) in [7, 11) is 0. The Balaban J connectivity index is 4.59. The summed E-state index contributed by atoms with van der Waals surface area (Å²) in [4.78, 5) is 2.08. The van der Waals surface area contributed by atoms with E-state index >= 15 is 0 Å². The molecule has 0 bridgehead atoms. The van der Waals surface area contributed by atoms with Crippen LogP contribution in [0.3, 0.4) is 0 Å². The molecule has 8 heteroatoms. The lowest BCUT2D eigenvalue weighted by Crippen LogP contribution is -2.49. The van der Waals surface area contributed by atoms with Gasteiger partial charge in [-0.2, -0.15) is 30.2 Å². The molecule has 0 N–H and O–H groups in total. The van der Waals surface area contributed by atoms with Crippen molar-refractivity contribution >= 4 is 12.6 Å². The second kappa shape index (κ2) is 5.64. The van der Waals surface area contributed by atoms with Gasteiger partial charge in [0.2, 0.25) is 0 Å². The van der Waals surface area contributed by atoms with E-state index in [1.807, 2.05) is 0 Å². The maximum atomic E-state index is 12.7. The monoisotopic (exact) mass is 254 g/mol. The Morgan fingerprint density at radius 1 is 1.20 bits per heavy atom. The van der Waals surface area contributed by atoms with Gasteiger partial charge in [0.15, 0.2) is 6.17 Å². The molecule has 0 aromatic carbocycles. The summed E-state index contributed by atoms with van der Waals surface area (Å²) in [5.74, 6) is -4.78. The van der Waals surface area contributed by atoms with Crippen LogP contribution in [-0.2, 0) is 4.94 Å². The quantitative estimate of drug-likeness (QED) is 0.450. The van der Waals surface area contributed by atoms with E-state index in [0.717, 1.165) is 6.08 Å². The molecule has 0 aliphatic heterocycles. The summed E-state index contributed by atoms with van der Waals surface area (Å²) < 4.78 is 72.4. The van der Waals surface area contributed by atoms with Crippen molar-refractivity contribution in [3.63, 3.8) is 0 Å². The van der Waals surface area contributed by atoms with E-state index < -0.39 is 24.6 Å². The molecule has 0 radical (unpaired) electrons. The third kappa shape index (κ3) is 3.60. The molecule has 2 unspecified atom stereocenters. The van der Waals surface area contributed by atoms with E-state index in [2.05, 4.69) is 17.6 Å². The lowest BCUT2D eigenvalue weighted by Gasteiger charge is -2.25. The number of hydrogen-bond acceptors (Lipinski definition) is 2. The average Bonchev–Trinajstić information content (AvgIpc) is 2.15. The van der Waals surface area contributed by atoms with Crippen molar-refractivity contribution < 1.29 is 31.4 Å². The van der Waals surface area contributed by atoms with E-state index in [1.54, 1.807) is 0 Å². The van der Waals surface area contributed by atoms with Crippen LogP contribution in [0.1, 0.15) is 6.42 Å². The molecule has 90 valence electrons. The molecule has 0 spiro atoms. The molecule has 0 aromatic heterocycles. The molecule has 15 heavy (non-hydrogen) atoms. The van der Waals surface area contributed by atoms with Crippen LogP contribution in [0.5, 0.6) is 0 Å². The normalized spacial score (nSPS) is 19.1. The third-order valence-corrected chi connectivity index (χ3v) is 1.73. The van der Waals surface area contributed by atoms with Crippen molar-refractivity contribution in [2.24, 2.45) is 0 Å². The van der Waals surface area contributed by atoms with Crippen LogP contribution >= 0.6 is 12.6 Å². The minimum atomic E-state index is -5.77. The Kier molecular flexibility index (Phi) is 5.50. The number of rotatable bonds is 5. The minimum absolute atomic E-state index is 0.147. The van der Waals surface area contributed by atoms with Gasteiger partial charge in [0.25, 0.3) is 0 Å². The summed E-state index contributed by atoms with van der Waals surface area (Å²) >= 11 is 3.64. The van der Waals surface area contributed by atoms with Gasteiger partial charge < -0.3 is 0 Å². The van der Waals surface area contributed by atoms with Crippen LogP contribution in [0.25, 0.3) is 0 Å². The summed E-state index contributed by atoms with van der Waals surface area (Å²) in [5, 5.41) is 0. The first-order chi connectivity index (χ1) is 6.79. The van der Waals surface area contributed by atoms with Gasteiger partial charge in [-0.15, -0.1) is 4.94 Å². The highest BCUT2D eigenvalue weighted by atomic mass is 32.1. The SMILES string of the molecule is FOC(F)(C(F)C/C=C/CS)C(F)(F)F. The van der Waals surface area contributed by atoms with E-state index in [4.69, 9.17) is 0 Å². The molecule has 0 saturated heterocycles. The maximum Gasteiger partial charge on any atom is 0.454 e. The van der Waals surface area contributed by atoms with Crippen LogP contribution in [0.4, 0.5) is 26.5 Å². The molecular formula is C7H8F6OS. The zero-order valence-electron chi connectivity index (χ0n) is 7.27. The van der Waals surface area contributed by atoms with Crippen LogP contribution in [0.2, 0.25) is 0 Å². The van der Waals surface area contributed by atoms with Crippen LogP contribution in [-0.4, -0.2) is 24.0 Å². The Bertz CT molecular complexity index is 218. The number of allylic oxidation sites excluding steroid dienone is 1. The van der Waals surface area contributed by atoms with Crippen LogP contribution in [0.15, 0.2) is 12.2 Å². The van der Waals surface area contributed by atoms with Gasteiger partial charge in [-0.25, -0.2) is 4.39 Å². The zero-order chi connectivity index (χ0) is 12.1. The maximum absolute atomic E-state index is 12.7. The topological polar surface area (TPSA) is 9.23 Å². The van der Waals surface area contributed by atoms with E-state index in [1.165, 1.54) is 6.08 Å². The first-order valence-corrected chi connectivity index (χ1v) is 4.38. The highest BCUT2D eigenvalue weighted by molar-refractivity contribution is 7.80. The second-order valence-corrected chi connectivity index (χ2v) is 2.94. The number of halogens is 6. The average molecular weight is 254 g/mol. The summed E-state index contributed by atoms with van der Waals surface area (Å²) in [5.41, 5.74) is 0. The van der Waals surface area contributed by atoms with Crippen LogP contribution < -0.4 is 0 Å². The van der Waals surface area contributed by atoms with Crippen LogP contribution in [0, 0.1) is 0 Å². The lowest BCUT2D eigenvalue weighted by molar-refractivity contribution is -0.417. The number of thiol groups is 1. The molecule has 2 atom stereocenters. The van der Waals surface area contributed by atoms with Gasteiger partial charge in [-0.3, -0.25) is 0 Å². The van der Waals surface area contributed by atoms with Crippen molar-refractivity contribution in [3.05, 3.63) is 12.2 Å². The standard InChI is InChI=1S/C7H8F6OS/c8-5(3-1-2-4-15)6(9,14-13)7(10,11)12/h1-2,5,15H,3-4H2/b2-1+. The predicted molar refractivity (Wildman–Crippen MR) is 44.6 cm³/mol. The molecule has 0 saturated carbocycles. The van der Waals surface area contributed by atoms with Gasteiger partial charge in [-0.1, -0.05) is 12.2 Å². The van der Waals surface area contributed by atoms with Crippen molar-refractivity contribution in [3.8, 4) is 0 Å². The van der Waals surface area contributed by atoms with Gasteiger partial charge in [-0.05, 0) is 4.53 Å². The number of alkyl halides is 5. The molecule has 0 heterocycles. The van der Waals surface area contributed by atoms with E-state index in [-0.39, 0.29) is 5.75 Å². The Hall–Kier alpha value is -0.370. The van der Waals surface area contributed by atoms with Crippen molar-refractivity contribution in [2.75, 3.05) is 5.75 Å². The third-order valence-electron chi connectivity index (χ3n) is 1.52. The first-order valence-electron chi connectivity index (χ1n) is 3.75. The van der Waals surface area contributed by atoms with Crippen molar-refractivity contribution in [2.45, 2.75) is 24.6 Å². The summed E-state index contributed by atoms with van der Waals surface area (Å²) in [6.45, 7) is 0. The minimum Gasteiger partial charge on any atom is -0.240 e. The van der Waals surface area contributed by atoms with Crippen molar-refractivity contribution in [1.29, 1.82) is 0 Å². The van der Waals surface area contributed by atoms with Gasteiger partial charge >= 0.3 is 12.0 Å². The van der Waals surface area contributed by atoms with Gasteiger partial charge in [0, 0.05) is 12.2 Å². The molecule has 0 aromatic rings. The second-order valence-electron chi connectivity index (χ2n) is 2.58. The Morgan fingerprint density at radius 3 is 2.07 bits per heavy atom. The fourth-order valence-electron chi connectivity index (χ4n) is 0.711. The molecule has 0 amide bonds. The molecule has 0 rings (SSSR count). The largest absolute Gasteiger partial charge is 0.454 e. The Labute approximate surface area is 87.4 Å². The highest BCUT2D eigenvalue weighted by Gasteiger charge is 2.64. The summed E-state index contributed by atoms with van der Waals surface area (Å²) in [6, 6.07) is 0. The predicted octanol–water partition coefficient (Wildman–Crippen LogP) is 3.33. The molecule has 0 fully saturated rings. The molecule has 1 nitrogen and oxygen atoms in total. The molecule has 0 aliphatic rings. The first kappa shape index (κ1) is 14.6.